The number of hydrogen-bond acceptors (Lipinski definition) is 9. The lowest BCUT2D eigenvalue weighted by atomic mass is 10.1. The van der Waals surface area contributed by atoms with Crippen molar-refractivity contribution >= 4 is 12.4 Å². The first kappa shape index (κ1) is 35.6. The predicted molar refractivity (Wildman–Crippen MR) is 173 cm³/mol. The molecule has 0 aromatic heterocycles. The maximum absolute atomic E-state index is 5.95. The van der Waals surface area contributed by atoms with Gasteiger partial charge in [-0.05, 0) is 41.0 Å². The summed E-state index contributed by atoms with van der Waals surface area (Å²) in [6.07, 6.45) is 0. The molecule has 1 N–H and O–H groups in total. The fourth-order valence-corrected chi connectivity index (χ4v) is 5.04. The van der Waals surface area contributed by atoms with Crippen LogP contribution in [0, 0.1) is 0 Å². The van der Waals surface area contributed by atoms with E-state index in [1.54, 1.807) is 21.3 Å². The van der Waals surface area contributed by atoms with Crippen LogP contribution < -0.4 is 19.5 Å². The first-order chi connectivity index (χ1) is 21.2. The summed E-state index contributed by atoms with van der Waals surface area (Å²) in [7, 11) is 5.03. The van der Waals surface area contributed by atoms with Crippen LogP contribution in [0.1, 0.15) is 27.8 Å². The van der Waals surface area contributed by atoms with Crippen molar-refractivity contribution in [3.05, 3.63) is 88.5 Å². The third-order valence-corrected chi connectivity index (χ3v) is 7.25. The molecule has 2 aliphatic rings. The van der Waals surface area contributed by atoms with E-state index < -0.39 is 0 Å². The van der Waals surface area contributed by atoms with Crippen molar-refractivity contribution < 1.29 is 33.2 Å². The third-order valence-electron chi connectivity index (χ3n) is 7.25. The average Bonchev–Trinajstić information content (AvgIpc) is 3.69. The van der Waals surface area contributed by atoms with E-state index in [9.17, 15) is 0 Å². The summed E-state index contributed by atoms with van der Waals surface area (Å²) in [4.78, 5) is 2.43. The average molecular weight is 631 g/mol. The molecule has 9 nitrogen and oxygen atoms in total. The van der Waals surface area contributed by atoms with E-state index in [0.717, 1.165) is 50.0 Å². The van der Waals surface area contributed by atoms with Crippen LogP contribution in [-0.4, -0.2) is 79.1 Å². The number of halogens is 1. The molecular formula is C34H47ClN2O7. The van der Waals surface area contributed by atoms with Gasteiger partial charge in [0.05, 0.1) is 46.8 Å². The van der Waals surface area contributed by atoms with Gasteiger partial charge in [-0.1, -0.05) is 36.4 Å². The van der Waals surface area contributed by atoms with Crippen LogP contribution in [0.15, 0.2) is 60.7 Å². The second kappa shape index (κ2) is 20.2. The Balaban J connectivity index is 0.000000256. The fraction of sp³-hybridized carbons (Fsp3) is 0.471. The van der Waals surface area contributed by atoms with Crippen molar-refractivity contribution in [1.29, 1.82) is 0 Å². The van der Waals surface area contributed by atoms with Crippen LogP contribution in [0.2, 0.25) is 0 Å². The Hall–Kier alpha value is -2.89. The van der Waals surface area contributed by atoms with Crippen LogP contribution in [0.4, 0.5) is 0 Å². The number of methoxy groups -OCH3 is 3. The van der Waals surface area contributed by atoms with Gasteiger partial charge in [-0.2, -0.15) is 0 Å². The summed E-state index contributed by atoms with van der Waals surface area (Å²) in [6.45, 7) is 9.38. The summed E-state index contributed by atoms with van der Waals surface area (Å²) in [5.74, 6) is 2.83. The Bertz CT molecular complexity index is 1230. The molecular weight excluding hydrogens is 584 g/mol. The molecule has 0 fully saturated rings. The van der Waals surface area contributed by atoms with Crippen LogP contribution in [-0.2, 0) is 51.7 Å². The standard InChI is InChI=1S/C21H27NO4.C13H19NO3.ClH/c1-23-10-11-25-12-13-26-21-5-3-4-18-15-22(16-20(18)21)14-17-6-8-19(24-2)9-7-17;1-15-5-6-16-7-8-17-13-4-2-3-11-9-14-10-12(11)13;/h3-9H,10-16H2,1-2H3;2-4,14H,5-10H2,1H3;1H. The van der Waals surface area contributed by atoms with Crippen molar-refractivity contribution in [3.63, 3.8) is 0 Å². The van der Waals surface area contributed by atoms with Gasteiger partial charge in [0.1, 0.15) is 30.5 Å². The molecule has 0 bridgehead atoms. The molecule has 2 heterocycles. The highest BCUT2D eigenvalue weighted by molar-refractivity contribution is 5.85. The largest absolute Gasteiger partial charge is 0.497 e. The zero-order chi connectivity index (χ0) is 30.1. The van der Waals surface area contributed by atoms with Gasteiger partial charge in [-0.15, -0.1) is 12.4 Å². The minimum Gasteiger partial charge on any atom is -0.497 e. The van der Waals surface area contributed by atoms with Crippen molar-refractivity contribution in [2.45, 2.75) is 32.7 Å². The van der Waals surface area contributed by atoms with Gasteiger partial charge in [0, 0.05) is 58.1 Å². The molecule has 44 heavy (non-hydrogen) atoms. The lowest BCUT2D eigenvalue weighted by Gasteiger charge is -2.15. The lowest BCUT2D eigenvalue weighted by Crippen LogP contribution is -2.15. The molecule has 5 rings (SSSR count). The first-order valence-corrected chi connectivity index (χ1v) is 14.9. The second-order valence-corrected chi connectivity index (χ2v) is 10.3. The number of rotatable bonds is 17. The fourth-order valence-electron chi connectivity index (χ4n) is 5.04. The summed E-state index contributed by atoms with van der Waals surface area (Å²) in [5.41, 5.74) is 6.54. The molecule has 0 amide bonds. The van der Waals surface area contributed by atoms with Crippen LogP contribution in [0.3, 0.4) is 0 Å². The molecule has 0 spiro atoms. The van der Waals surface area contributed by atoms with Gasteiger partial charge in [0.25, 0.3) is 0 Å². The number of benzene rings is 3. The molecule has 2 aliphatic heterocycles. The molecule has 3 aromatic carbocycles. The van der Waals surface area contributed by atoms with Crippen molar-refractivity contribution in [2.75, 3.05) is 74.2 Å². The van der Waals surface area contributed by atoms with E-state index in [0.29, 0.717) is 52.9 Å². The highest BCUT2D eigenvalue weighted by Gasteiger charge is 2.22. The molecule has 242 valence electrons. The van der Waals surface area contributed by atoms with E-state index >= 15 is 0 Å². The summed E-state index contributed by atoms with van der Waals surface area (Å²) < 4.78 is 37.6. The predicted octanol–water partition coefficient (Wildman–Crippen LogP) is 5.01. The maximum Gasteiger partial charge on any atom is 0.124 e. The molecule has 0 saturated heterocycles. The normalized spacial score (nSPS) is 13.3. The van der Waals surface area contributed by atoms with E-state index in [4.69, 9.17) is 33.2 Å². The minimum absolute atomic E-state index is 0. The SMILES string of the molecule is COCCOCCOc1cccc2c1CN(Cc1ccc(OC)cc1)C2.COCCOCCOc1cccc2c1CNC2.Cl. The minimum atomic E-state index is 0. The number of ether oxygens (including phenoxy) is 7. The molecule has 0 unspecified atom stereocenters. The Morgan fingerprint density at radius 3 is 1.82 bits per heavy atom. The first-order valence-electron chi connectivity index (χ1n) is 14.9. The van der Waals surface area contributed by atoms with E-state index in [2.05, 4.69) is 40.5 Å². The number of fused-ring (bicyclic) bond motifs is 2. The number of nitrogens with zero attached hydrogens (tertiary/aromatic N) is 1. The Morgan fingerprint density at radius 2 is 1.20 bits per heavy atom. The van der Waals surface area contributed by atoms with Crippen LogP contribution in [0.25, 0.3) is 0 Å². The van der Waals surface area contributed by atoms with Gasteiger partial charge < -0.3 is 38.5 Å². The van der Waals surface area contributed by atoms with Gasteiger partial charge in [-0.25, -0.2) is 0 Å². The Labute approximate surface area is 268 Å². The summed E-state index contributed by atoms with van der Waals surface area (Å²) in [5, 5.41) is 3.32. The quantitative estimate of drug-likeness (QED) is 0.207. The summed E-state index contributed by atoms with van der Waals surface area (Å²) in [6, 6.07) is 20.7. The van der Waals surface area contributed by atoms with Gasteiger partial charge in [0.2, 0.25) is 0 Å². The zero-order valence-electron chi connectivity index (χ0n) is 26.2. The molecule has 0 radical (unpaired) electrons. The van der Waals surface area contributed by atoms with Crippen LogP contribution in [0.5, 0.6) is 17.2 Å². The number of hydrogen-bond donors (Lipinski definition) is 1. The monoisotopic (exact) mass is 630 g/mol. The molecule has 0 saturated carbocycles. The second-order valence-electron chi connectivity index (χ2n) is 10.3. The molecule has 0 aliphatic carbocycles. The van der Waals surface area contributed by atoms with E-state index in [-0.39, 0.29) is 12.4 Å². The highest BCUT2D eigenvalue weighted by atomic mass is 35.5. The Kier molecular flexibility index (Phi) is 16.3. The zero-order valence-corrected chi connectivity index (χ0v) is 27.0. The Morgan fingerprint density at radius 1 is 0.614 bits per heavy atom. The van der Waals surface area contributed by atoms with Gasteiger partial charge in [0.15, 0.2) is 0 Å². The van der Waals surface area contributed by atoms with Crippen molar-refractivity contribution in [1.82, 2.24) is 10.2 Å². The molecule has 3 aromatic rings. The number of nitrogens with one attached hydrogen (secondary N) is 1. The smallest absolute Gasteiger partial charge is 0.124 e. The van der Waals surface area contributed by atoms with Gasteiger partial charge in [-0.3, -0.25) is 4.90 Å². The van der Waals surface area contributed by atoms with Crippen molar-refractivity contribution in [2.24, 2.45) is 0 Å². The van der Waals surface area contributed by atoms with Crippen LogP contribution >= 0.6 is 12.4 Å². The van der Waals surface area contributed by atoms with Crippen molar-refractivity contribution in [3.8, 4) is 17.2 Å². The van der Waals surface area contributed by atoms with Gasteiger partial charge >= 0.3 is 0 Å². The molecule has 10 heteroatoms. The topological polar surface area (TPSA) is 79.9 Å². The maximum atomic E-state index is 5.95. The van der Waals surface area contributed by atoms with E-state index in [1.165, 1.54) is 27.8 Å². The third kappa shape index (κ3) is 11.2. The highest BCUT2D eigenvalue weighted by Crippen LogP contribution is 2.32. The lowest BCUT2D eigenvalue weighted by molar-refractivity contribution is 0.0542. The van der Waals surface area contributed by atoms with E-state index in [1.807, 2.05) is 30.3 Å². The summed E-state index contributed by atoms with van der Waals surface area (Å²) >= 11 is 0. The molecule has 0 atom stereocenters.